The molecule has 0 bridgehead atoms. The molecule has 0 fully saturated rings. The van der Waals surface area contributed by atoms with Gasteiger partial charge >= 0.3 is 0 Å². The normalized spacial score (nSPS) is 9.89. The fourth-order valence-corrected chi connectivity index (χ4v) is 1.69. The van der Waals surface area contributed by atoms with Crippen molar-refractivity contribution in [2.45, 2.75) is 6.54 Å². The maximum absolute atomic E-state index is 13.1. The SMILES string of the molecule is N#Cc1cc(NCCn2ccccc2=O)ccc1F. The van der Waals surface area contributed by atoms with Gasteiger partial charge in [0, 0.05) is 31.0 Å². The van der Waals surface area contributed by atoms with Crippen LogP contribution in [0.2, 0.25) is 0 Å². The predicted molar refractivity (Wildman–Crippen MR) is 70.3 cm³/mol. The number of pyridine rings is 1. The van der Waals surface area contributed by atoms with E-state index in [0.717, 1.165) is 0 Å². The average molecular weight is 257 g/mol. The lowest BCUT2D eigenvalue weighted by Crippen LogP contribution is -2.22. The summed E-state index contributed by atoms with van der Waals surface area (Å²) < 4.78 is 14.7. The van der Waals surface area contributed by atoms with E-state index >= 15 is 0 Å². The largest absolute Gasteiger partial charge is 0.383 e. The second-order valence-electron chi connectivity index (χ2n) is 3.97. The third-order valence-corrected chi connectivity index (χ3v) is 2.67. The maximum Gasteiger partial charge on any atom is 0.250 e. The smallest absolute Gasteiger partial charge is 0.250 e. The van der Waals surface area contributed by atoms with Crippen molar-refractivity contribution in [2.75, 3.05) is 11.9 Å². The molecular weight excluding hydrogens is 245 g/mol. The Morgan fingerprint density at radius 3 is 2.89 bits per heavy atom. The molecule has 0 saturated heterocycles. The number of hydrogen-bond donors (Lipinski definition) is 1. The van der Waals surface area contributed by atoms with Crippen LogP contribution in [-0.4, -0.2) is 11.1 Å². The summed E-state index contributed by atoms with van der Waals surface area (Å²) in [5.74, 6) is -0.535. The lowest BCUT2D eigenvalue weighted by Gasteiger charge is -2.08. The molecule has 0 aliphatic carbocycles. The summed E-state index contributed by atoms with van der Waals surface area (Å²) in [4.78, 5) is 11.4. The zero-order valence-corrected chi connectivity index (χ0v) is 10.1. The van der Waals surface area contributed by atoms with Crippen LogP contribution in [0.5, 0.6) is 0 Å². The molecule has 5 heteroatoms. The zero-order valence-electron chi connectivity index (χ0n) is 10.1. The van der Waals surface area contributed by atoms with E-state index in [1.165, 1.54) is 18.2 Å². The number of hydrogen-bond acceptors (Lipinski definition) is 3. The van der Waals surface area contributed by atoms with Crippen LogP contribution >= 0.6 is 0 Å². The number of halogens is 1. The van der Waals surface area contributed by atoms with Crippen molar-refractivity contribution in [3.63, 3.8) is 0 Å². The van der Waals surface area contributed by atoms with Gasteiger partial charge in [-0.05, 0) is 24.3 Å². The van der Waals surface area contributed by atoms with Crippen LogP contribution in [0.25, 0.3) is 0 Å². The van der Waals surface area contributed by atoms with Crippen molar-refractivity contribution < 1.29 is 4.39 Å². The summed E-state index contributed by atoms with van der Waals surface area (Å²) >= 11 is 0. The van der Waals surface area contributed by atoms with Gasteiger partial charge in [-0.3, -0.25) is 4.79 Å². The van der Waals surface area contributed by atoms with Gasteiger partial charge in [-0.2, -0.15) is 5.26 Å². The van der Waals surface area contributed by atoms with E-state index in [9.17, 15) is 9.18 Å². The minimum Gasteiger partial charge on any atom is -0.383 e. The lowest BCUT2D eigenvalue weighted by molar-refractivity contribution is 0.624. The highest BCUT2D eigenvalue weighted by Gasteiger charge is 2.02. The van der Waals surface area contributed by atoms with Gasteiger partial charge in [-0.15, -0.1) is 0 Å². The van der Waals surface area contributed by atoms with Crippen molar-refractivity contribution >= 4 is 5.69 Å². The van der Waals surface area contributed by atoms with Crippen molar-refractivity contribution in [1.82, 2.24) is 4.57 Å². The van der Waals surface area contributed by atoms with E-state index in [-0.39, 0.29) is 11.1 Å². The fraction of sp³-hybridized carbons (Fsp3) is 0.143. The molecule has 2 rings (SSSR count). The predicted octanol–water partition coefficient (Wildman–Crippen LogP) is 1.97. The van der Waals surface area contributed by atoms with Crippen LogP contribution in [0, 0.1) is 17.1 Å². The first-order chi connectivity index (χ1) is 9.20. The van der Waals surface area contributed by atoms with Gasteiger partial charge in [0.15, 0.2) is 0 Å². The van der Waals surface area contributed by atoms with Crippen LogP contribution in [0.1, 0.15) is 5.56 Å². The van der Waals surface area contributed by atoms with E-state index in [1.807, 2.05) is 0 Å². The second-order valence-corrected chi connectivity index (χ2v) is 3.97. The number of aromatic nitrogens is 1. The van der Waals surface area contributed by atoms with E-state index in [0.29, 0.717) is 18.8 Å². The molecule has 0 aliphatic rings. The van der Waals surface area contributed by atoms with Crippen LogP contribution < -0.4 is 10.9 Å². The third-order valence-electron chi connectivity index (χ3n) is 2.67. The standard InChI is InChI=1S/C14H12FN3O/c15-13-5-4-12(9-11(13)10-16)17-6-8-18-7-2-1-3-14(18)19/h1-5,7,9,17H,6,8H2. The molecule has 0 radical (unpaired) electrons. The van der Waals surface area contributed by atoms with Crippen molar-refractivity contribution in [1.29, 1.82) is 5.26 Å². The van der Waals surface area contributed by atoms with Crippen LogP contribution in [-0.2, 0) is 6.54 Å². The lowest BCUT2D eigenvalue weighted by atomic mass is 10.2. The summed E-state index contributed by atoms with van der Waals surface area (Å²) in [5, 5.41) is 11.8. The van der Waals surface area contributed by atoms with Gasteiger partial charge in [0.1, 0.15) is 11.9 Å². The zero-order chi connectivity index (χ0) is 13.7. The Bertz CT molecular complexity index is 673. The molecule has 1 N–H and O–H groups in total. The molecule has 1 aromatic carbocycles. The Morgan fingerprint density at radius 1 is 1.32 bits per heavy atom. The topological polar surface area (TPSA) is 57.8 Å². The Morgan fingerprint density at radius 2 is 2.16 bits per heavy atom. The number of nitrogens with zero attached hydrogens (tertiary/aromatic N) is 2. The first-order valence-electron chi connectivity index (χ1n) is 5.80. The minimum absolute atomic E-state index is 0.00174. The Kier molecular flexibility index (Phi) is 3.94. The third kappa shape index (κ3) is 3.19. The number of nitrogens with one attached hydrogen (secondary N) is 1. The number of rotatable bonds is 4. The first-order valence-corrected chi connectivity index (χ1v) is 5.80. The Balaban J connectivity index is 1.99. The molecular formula is C14H12FN3O. The molecule has 1 aromatic heterocycles. The quantitative estimate of drug-likeness (QED) is 0.911. The molecule has 19 heavy (non-hydrogen) atoms. The summed E-state index contributed by atoms with van der Waals surface area (Å²) in [5.41, 5.74) is 0.588. The summed E-state index contributed by atoms with van der Waals surface area (Å²) in [6.45, 7) is 1.01. The molecule has 2 aromatic rings. The summed E-state index contributed by atoms with van der Waals surface area (Å²) in [6, 6.07) is 11.0. The number of anilines is 1. The second kappa shape index (κ2) is 5.83. The fourth-order valence-electron chi connectivity index (χ4n) is 1.69. The number of benzene rings is 1. The molecule has 0 unspecified atom stereocenters. The van der Waals surface area contributed by atoms with E-state index in [4.69, 9.17) is 5.26 Å². The first kappa shape index (κ1) is 12.8. The van der Waals surface area contributed by atoms with Crippen LogP contribution in [0.15, 0.2) is 47.4 Å². The average Bonchev–Trinajstić information content (AvgIpc) is 2.43. The molecule has 0 spiro atoms. The van der Waals surface area contributed by atoms with E-state index < -0.39 is 5.82 Å². The van der Waals surface area contributed by atoms with Gasteiger partial charge < -0.3 is 9.88 Å². The maximum atomic E-state index is 13.1. The van der Waals surface area contributed by atoms with Crippen LogP contribution in [0.4, 0.5) is 10.1 Å². The highest BCUT2D eigenvalue weighted by molar-refractivity contribution is 5.49. The molecule has 1 heterocycles. The highest BCUT2D eigenvalue weighted by atomic mass is 19.1. The summed E-state index contributed by atoms with van der Waals surface area (Å²) in [6.07, 6.45) is 1.70. The number of nitriles is 1. The Hall–Kier alpha value is -2.61. The van der Waals surface area contributed by atoms with Crippen molar-refractivity contribution in [3.8, 4) is 6.07 Å². The van der Waals surface area contributed by atoms with Gasteiger partial charge in [-0.1, -0.05) is 6.07 Å². The minimum atomic E-state index is -0.535. The monoisotopic (exact) mass is 257 g/mol. The Labute approximate surface area is 109 Å². The molecule has 0 aliphatic heterocycles. The van der Waals surface area contributed by atoms with Gasteiger partial charge in [0.2, 0.25) is 0 Å². The highest BCUT2D eigenvalue weighted by Crippen LogP contribution is 2.13. The molecule has 0 amide bonds. The molecule has 0 atom stereocenters. The molecule has 4 nitrogen and oxygen atoms in total. The van der Waals surface area contributed by atoms with Gasteiger partial charge in [0.25, 0.3) is 5.56 Å². The van der Waals surface area contributed by atoms with Crippen molar-refractivity contribution in [2.24, 2.45) is 0 Å². The van der Waals surface area contributed by atoms with Crippen LogP contribution in [0.3, 0.4) is 0 Å². The molecule has 0 saturated carbocycles. The summed E-state index contributed by atoms with van der Waals surface area (Å²) in [7, 11) is 0. The van der Waals surface area contributed by atoms with Gasteiger partial charge in [0.05, 0.1) is 5.56 Å². The molecule has 96 valence electrons. The van der Waals surface area contributed by atoms with Crippen molar-refractivity contribution in [3.05, 3.63) is 64.3 Å². The van der Waals surface area contributed by atoms with Gasteiger partial charge in [-0.25, -0.2) is 4.39 Å². The van der Waals surface area contributed by atoms with E-state index in [2.05, 4.69) is 5.32 Å². The van der Waals surface area contributed by atoms with E-state index in [1.54, 1.807) is 35.0 Å².